The van der Waals surface area contributed by atoms with Gasteiger partial charge >= 0.3 is 25.4 Å². The average Bonchev–Trinajstić information content (AvgIpc) is 3.24. The fourth-order valence-electron chi connectivity index (χ4n) is 3.63. The number of pyridine rings is 1. The number of fused-ring (bicyclic) bond motifs is 1. The van der Waals surface area contributed by atoms with Gasteiger partial charge in [-0.15, -0.1) is 9.78 Å². The Bertz CT molecular complexity index is 1230. The molecule has 40 heavy (non-hydrogen) atoms. The van der Waals surface area contributed by atoms with E-state index in [9.17, 15) is 14.4 Å². The summed E-state index contributed by atoms with van der Waals surface area (Å²) in [6, 6.07) is 1.62. The molecular weight excluding hydrogens is 519 g/mol. The van der Waals surface area contributed by atoms with Crippen molar-refractivity contribution in [3.8, 4) is 0 Å². The number of unbranched alkanes of at least 4 members (excludes halogenated alkanes) is 1. The van der Waals surface area contributed by atoms with Gasteiger partial charge < -0.3 is 23.5 Å². The second-order valence-electron chi connectivity index (χ2n) is 12.7. The third-order valence-corrected chi connectivity index (χ3v) is 6.31. The van der Waals surface area contributed by atoms with Crippen molar-refractivity contribution in [2.45, 2.75) is 111 Å². The van der Waals surface area contributed by atoms with Crippen molar-refractivity contribution in [3.63, 3.8) is 0 Å². The number of anilines is 1. The summed E-state index contributed by atoms with van der Waals surface area (Å²) in [7, 11) is -0.800. The zero-order chi connectivity index (χ0) is 30.3. The van der Waals surface area contributed by atoms with Crippen molar-refractivity contribution < 1.29 is 37.9 Å². The number of imide groups is 1. The summed E-state index contributed by atoms with van der Waals surface area (Å²) >= 11 is 0. The highest BCUT2D eigenvalue weighted by molar-refractivity contribution is 6.62. The van der Waals surface area contributed by atoms with Gasteiger partial charge in [-0.1, -0.05) is 13.3 Å². The van der Waals surface area contributed by atoms with Gasteiger partial charge in [0.1, 0.15) is 11.2 Å². The summed E-state index contributed by atoms with van der Waals surface area (Å²) in [5, 5.41) is 4.51. The molecule has 2 amide bonds. The number of hydrogen-bond donors (Lipinski definition) is 0. The van der Waals surface area contributed by atoms with E-state index < -0.39 is 47.8 Å². The van der Waals surface area contributed by atoms with Crippen molar-refractivity contribution >= 4 is 47.7 Å². The molecule has 2 aromatic rings. The summed E-state index contributed by atoms with van der Waals surface area (Å²) in [5.74, 6) is -0.211. The fraction of sp³-hybridized carbons (Fsp3) is 0.667. The van der Waals surface area contributed by atoms with Crippen molar-refractivity contribution in [2.75, 3.05) is 11.5 Å². The number of nitrogens with zero attached hydrogens (tertiary/aromatic N) is 4. The highest BCUT2D eigenvalue weighted by Gasteiger charge is 2.52. The molecule has 0 radical (unpaired) electrons. The van der Waals surface area contributed by atoms with E-state index >= 15 is 0 Å². The van der Waals surface area contributed by atoms with Gasteiger partial charge in [0.05, 0.1) is 23.2 Å². The Balaban J connectivity index is 2.20. The van der Waals surface area contributed by atoms with Gasteiger partial charge in [0.15, 0.2) is 11.5 Å². The van der Waals surface area contributed by atoms with Crippen LogP contribution in [0.3, 0.4) is 0 Å². The molecule has 1 aliphatic heterocycles. The minimum Gasteiger partial charge on any atom is -0.448 e. The first-order valence-electron chi connectivity index (χ1n) is 13.4. The van der Waals surface area contributed by atoms with Crippen molar-refractivity contribution in [1.29, 1.82) is 0 Å². The molecule has 0 aliphatic carbocycles. The first-order valence-corrected chi connectivity index (χ1v) is 13.4. The molecular formula is C27H41BN4O8. The van der Waals surface area contributed by atoms with Gasteiger partial charge in [-0.25, -0.2) is 19.4 Å². The lowest BCUT2D eigenvalue weighted by atomic mass is 9.80. The maximum absolute atomic E-state index is 13.4. The van der Waals surface area contributed by atoms with Crippen molar-refractivity contribution in [3.05, 3.63) is 12.3 Å². The minimum absolute atomic E-state index is 0.0638. The second-order valence-corrected chi connectivity index (χ2v) is 12.7. The molecule has 3 rings (SSSR count). The van der Waals surface area contributed by atoms with Gasteiger partial charge in [0.25, 0.3) is 0 Å². The summed E-state index contributed by atoms with van der Waals surface area (Å²) in [6.07, 6.45) is 0.0893. The topological polar surface area (TPSA) is 131 Å². The van der Waals surface area contributed by atoms with Crippen LogP contribution in [0.2, 0.25) is 0 Å². The third kappa shape index (κ3) is 6.93. The Kier molecular flexibility index (Phi) is 8.62. The molecule has 0 unspecified atom stereocenters. The molecule has 0 N–H and O–H groups in total. The normalized spacial score (nSPS) is 16.6. The van der Waals surface area contributed by atoms with Gasteiger partial charge in [-0.2, -0.15) is 4.90 Å². The van der Waals surface area contributed by atoms with E-state index in [-0.39, 0.29) is 23.5 Å². The molecule has 1 aliphatic rings. The molecule has 0 saturated carbocycles. The number of ether oxygens (including phenoxy) is 3. The van der Waals surface area contributed by atoms with Crippen molar-refractivity contribution in [2.24, 2.45) is 0 Å². The van der Waals surface area contributed by atoms with E-state index in [1.54, 1.807) is 47.6 Å². The fourth-order valence-corrected chi connectivity index (χ4v) is 3.63. The van der Waals surface area contributed by atoms with E-state index in [0.717, 1.165) is 11.1 Å². The van der Waals surface area contributed by atoms with E-state index in [1.165, 1.54) is 6.20 Å². The lowest BCUT2D eigenvalue weighted by Crippen LogP contribution is -2.44. The molecule has 0 bridgehead atoms. The first-order chi connectivity index (χ1) is 18.3. The maximum Gasteiger partial charge on any atom is 0.496 e. The number of rotatable bonds is 5. The smallest absolute Gasteiger partial charge is 0.448 e. The summed E-state index contributed by atoms with van der Waals surface area (Å²) < 4.78 is 29.7. The molecule has 12 nitrogen and oxygen atoms in total. The minimum atomic E-state index is -1.03. The molecule has 3 heterocycles. The van der Waals surface area contributed by atoms with E-state index in [1.807, 2.05) is 34.6 Å². The monoisotopic (exact) mass is 560 g/mol. The van der Waals surface area contributed by atoms with E-state index in [4.69, 9.17) is 23.5 Å². The van der Waals surface area contributed by atoms with Gasteiger partial charge in [-0.05, 0) is 81.7 Å². The molecule has 0 atom stereocenters. The van der Waals surface area contributed by atoms with Crippen LogP contribution in [0.1, 0.15) is 89.0 Å². The third-order valence-electron chi connectivity index (χ3n) is 6.31. The van der Waals surface area contributed by atoms with Crippen LogP contribution in [0, 0.1) is 0 Å². The van der Waals surface area contributed by atoms with Gasteiger partial charge in [0, 0.05) is 11.7 Å². The Morgan fingerprint density at radius 2 is 1.50 bits per heavy atom. The highest BCUT2D eigenvalue weighted by atomic mass is 16.7. The van der Waals surface area contributed by atoms with Gasteiger partial charge in [0.2, 0.25) is 0 Å². The zero-order valence-electron chi connectivity index (χ0n) is 25.4. The highest BCUT2D eigenvalue weighted by Crippen LogP contribution is 2.37. The first kappa shape index (κ1) is 31.3. The van der Waals surface area contributed by atoms with Crippen molar-refractivity contribution in [1.82, 2.24) is 14.8 Å². The SMILES string of the molecule is CCCCOC(=O)n1nc(N(C(=O)OC(C)(C)C)C(=O)OC(C)(C)C)c2cc(B3OC(C)(C)C(C)(C)O3)cnc21. The number of carbonyl (C=O) groups excluding carboxylic acids is 3. The van der Waals surface area contributed by atoms with E-state index in [2.05, 4.69) is 10.1 Å². The predicted octanol–water partition coefficient (Wildman–Crippen LogP) is 5.19. The number of hydrogen-bond acceptors (Lipinski definition) is 10. The van der Waals surface area contributed by atoms with Crippen LogP contribution >= 0.6 is 0 Å². The maximum atomic E-state index is 13.4. The summed E-state index contributed by atoms with van der Waals surface area (Å²) in [4.78, 5) is 44.9. The van der Waals surface area contributed by atoms with Crippen LogP contribution in [0.5, 0.6) is 0 Å². The lowest BCUT2D eigenvalue weighted by molar-refractivity contribution is 0.00578. The van der Waals surface area contributed by atoms with Crippen LogP contribution in [-0.4, -0.2) is 69.2 Å². The molecule has 1 fully saturated rings. The standard InChI is InChI=1S/C27H41BN4O8/c1-12-13-14-36-23(35)32-19-18(15-17(16-29-19)28-39-26(8,9)27(10,11)40-28)20(30-32)31(21(33)37-24(2,3)4)22(34)38-25(5,6)7/h15-16H,12-14H2,1-11H3. The quantitative estimate of drug-likeness (QED) is 0.273. The van der Waals surface area contributed by atoms with Crippen LogP contribution in [0.15, 0.2) is 12.3 Å². The van der Waals surface area contributed by atoms with E-state index in [0.29, 0.717) is 16.8 Å². The van der Waals surface area contributed by atoms with Crippen LogP contribution in [-0.2, 0) is 23.5 Å². The molecule has 0 aromatic carbocycles. The Labute approximate surface area is 235 Å². The van der Waals surface area contributed by atoms with Crippen LogP contribution in [0.25, 0.3) is 11.0 Å². The van der Waals surface area contributed by atoms with Crippen LogP contribution < -0.4 is 10.4 Å². The summed E-state index contributed by atoms with van der Waals surface area (Å²) in [6.45, 7) is 19.8. The molecule has 0 spiro atoms. The summed E-state index contributed by atoms with van der Waals surface area (Å²) in [5.41, 5.74) is -2.57. The Hall–Kier alpha value is -3.19. The predicted molar refractivity (Wildman–Crippen MR) is 150 cm³/mol. The average molecular weight is 560 g/mol. The number of aromatic nitrogens is 3. The molecule has 2 aromatic heterocycles. The van der Waals surface area contributed by atoms with Gasteiger partial charge in [-0.3, -0.25) is 0 Å². The Morgan fingerprint density at radius 1 is 0.975 bits per heavy atom. The number of amides is 2. The lowest BCUT2D eigenvalue weighted by Gasteiger charge is -2.32. The molecule has 1 saturated heterocycles. The molecule has 13 heteroatoms. The Morgan fingerprint density at radius 3 is 1.98 bits per heavy atom. The second kappa shape index (κ2) is 11.0. The largest absolute Gasteiger partial charge is 0.496 e. The molecule has 220 valence electrons. The van der Waals surface area contributed by atoms with Crippen LogP contribution in [0.4, 0.5) is 20.2 Å². The zero-order valence-corrected chi connectivity index (χ0v) is 25.4. The number of carbonyl (C=O) groups is 3.